The van der Waals surface area contributed by atoms with Crippen LogP contribution in [0.2, 0.25) is 0 Å². The lowest BCUT2D eigenvalue weighted by Crippen LogP contribution is -2.16. The summed E-state index contributed by atoms with van der Waals surface area (Å²) in [5, 5.41) is 7.99. The second kappa shape index (κ2) is 8.84. The summed E-state index contributed by atoms with van der Waals surface area (Å²) in [5.41, 5.74) is 8.00. The zero-order valence-electron chi connectivity index (χ0n) is 17.6. The summed E-state index contributed by atoms with van der Waals surface area (Å²) in [5.74, 6) is 3.37. The van der Waals surface area contributed by atoms with Gasteiger partial charge in [0.25, 0.3) is 0 Å². The van der Waals surface area contributed by atoms with Gasteiger partial charge in [-0.05, 0) is 18.2 Å². The van der Waals surface area contributed by atoms with Gasteiger partial charge in [-0.1, -0.05) is 19.1 Å². The molecule has 0 radical (unpaired) electrons. The van der Waals surface area contributed by atoms with Gasteiger partial charge in [0.1, 0.15) is 17.7 Å². The van der Waals surface area contributed by atoms with Crippen molar-refractivity contribution in [2.45, 2.75) is 19.0 Å². The number of para-hydroxylation sites is 1. The molecule has 4 N–H and O–H groups in total. The van der Waals surface area contributed by atoms with Crippen molar-refractivity contribution in [3.63, 3.8) is 0 Å². The van der Waals surface area contributed by atoms with Crippen molar-refractivity contribution in [3.8, 4) is 11.1 Å². The summed E-state index contributed by atoms with van der Waals surface area (Å²) in [7, 11) is 0. The van der Waals surface area contributed by atoms with E-state index in [1.807, 2.05) is 0 Å². The van der Waals surface area contributed by atoms with Crippen LogP contribution in [-0.4, -0.2) is 36.5 Å². The number of rotatable bonds is 5. The molecule has 0 saturated carbocycles. The van der Waals surface area contributed by atoms with Gasteiger partial charge in [0, 0.05) is 29.4 Å². The quantitative estimate of drug-likeness (QED) is 0.197. The molecule has 0 fully saturated rings. The molecule has 1 unspecified atom stereocenters. The topological polar surface area (TPSA) is 133 Å². The summed E-state index contributed by atoms with van der Waals surface area (Å²) >= 11 is 0. The van der Waals surface area contributed by atoms with E-state index in [-0.39, 0.29) is 22.8 Å². The zero-order chi connectivity index (χ0) is 24.5. The highest BCUT2D eigenvalue weighted by molar-refractivity contribution is 6.33. The molecule has 1 aromatic carbocycles. The van der Waals surface area contributed by atoms with E-state index in [2.05, 4.69) is 30.1 Å². The number of hydrogen-bond acceptors (Lipinski definition) is 8. The molecular weight excluding hydrogens is 454 g/mol. The Morgan fingerprint density at radius 1 is 1.15 bits per heavy atom. The highest BCUT2D eigenvalue weighted by atomic mass is 19.4. The van der Waals surface area contributed by atoms with Crippen molar-refractivity contribution in [2.24, 2.45) is 15.9 Å². The molecule has 34 heavy (non-hydrogen) atoms. The Hall–Kier alpha value is -4.42. The largest absolute Gasteiger partial charge is 0.451 e. The van der Waals surface area contributed by atoms with Crippen molar-refractivity contribution in [3.05, 3.63) is 66.4 Å². The maximum Gasteiger partial charge on any atom is 0.451 e. The van der Waals surface area contributed by atoms with Crippen molar-refractivity contribution in [1.29, 1.82) is 0 Å². The van der Waals surface area contributed by atoms with Crippen LogP contribution in [0.5, 0.6) is 0 Å². The van der Waals surface area contributed by atoms with Crippen LogP contribution >= 0.6 is 0 Å². The standard InChI is InChI=1S/C21H17F4N9/c1-11(16(33-27)9-28-15-5-3-2-4-14(15)22)17-6-13(18-19(26)31-10-32-34(17)18)12-7-29-20(30-8-12)21(23,24)25/h2-11H,27H2,1H3,(H2,26,31,32). The second-order valence-electron chi connectivity index (χ2n) is 7.17. The van der Waals surface area contributed by atoms with Gasteiger partial charge >= 0.3 is 6.18 Å². The Labute approximate surface area is 189 Å². The summed E-state index contributed by atoms with van der Waals surface area (Å²) in [6, 6.07) is 7.59. The van der Waals surface area contributed by atoms with Crippen LogP contribution in [0.3, 0.4) is 0 Å². The molecule has 4 rings (SSSR count). The van der Waals surface area contributed by atoms with Crippen molar-refractivity contribution in [2.75, 3.05) is 5.73 Å². The van der Waals surface area contributed by atoms with Gasteiger partial charge in [0.15, 0.2) is 5.82 Å². The Morgan fingerprint density at radius 2 is 1.85 bits per heavy atom. The lowest BCUT2D eigenvalue weighted by molar-refractivity contribution is -0.144. The van der Waals surface area contributed by atoms with Crippen molar-refractivity contribution < 1.29 is 17.6 Å². The maximum atomic E-state index is 13.9. The van der Waals surface area contributed by atoms with Crippen LogP contribution < -0.4 is 11.6 Å². The van der Waals surface area contributed by atoms with Crippen LogP contribution in [0.1, 0.15) is 24.4 Å². The van der Waals surface area contributed by atoms with E-state index < -0.39 is 23.7 Å². The van der Waals surface area contributed by atoms with E-state index in [0.29, 0.717) is 16.8 Å². The van der Waals surface area contributed by atoms with E-state index in [9.17, 15) is 17.6 Å². The number of nitrogen functional groups attached to an aromatic ring is 1. The molecular formula is C21H17F4N9. The van der Waals surface area contributed by atoms with Crippen LogP contribution in [-0.2, 0) is 6.18 Å². The summed E-state index contributed by atoms with van der Waals surface area (Å²) in [6.45, 7) is 1.76. The fraction of sp³-hybridized carbons (Fsp3) is 0.143. The zero-order valence-corrected chi connectivity index (χ0v) is 17.6. The number of anilines is 1. The van der Waals surface area contributed by atoms with Crippen LogP contribution in [0.25, 0.3) is 16.6 Å². The highest BCUT2D eigenvalue weighted by Crippen LogP contribution is 2.34. The monoisotopic (exact) mass is 471 g/mol. The predicted molar refractivity (Wildman–Crippen MR) is 118 cm³/mol. The number of hydrogen-bond donors (Lipinski definition) is 2. The first-order valence-electron chi connectivity index (χ1n) is 9.78. The van der Waals surface area contributed by atoms with E-state index in [0.717, 1.165) is 12.4 Å². The van der Waals surface area contributed by atoms with Crippen LogP contribution in [0, 0.1) is 5.82 Å². The predicted octanol–water partition coefficient (Wildman–Crippen LogP) is 3.75. The van der Waals surface area contributed by atoms with Gasteiger partial charge in [0.05, 0.1) is 23.3 Å². The Bertz CT molecular complexity index is 1390. The molecule has 4 aromatic rings. The molecule has 13 heteroatoms. The summed E-state index contributed by atoms with van der Waals surface area (Å²) in [4.78, 5) is 14.9. The number of aromatic nitrogens is 5. The van der Waals surface area contributed by atoms with Crippen molar-refractivity contribution >= 4 is 28.9 Å². The third-order valence-electron chi connectivity index (χ3n) is 5.05. The molecule has 0 bridgehead atoms. The van der Waals surface area contributed by atoms with E-state index >= 15 is 0 Å². The molecule has 174 valence electrons. The van der Waals surface area contributed by atoms with E-state index in [4.69, 9.17) is 11.6 Å². The lowest BCUT2D eigenvalue weighted by atomic mass is 10.0. The normalized spacial score (nSPS) is 13.6. The minimum absolute atomic E-state index is 0.0922. The van der Waals surface area contributed by atoms with E-state index in [1.165, 1.54) is 35.3 Å². The van der Waals surface area contributed by atoms with Crippen LogP contribution in [0.4, 0.5) is 29.1 Å². The minimum atomic E-state index is -4.67. The number of hydrazone groups is 1. The first-order chi connectivity index (χ1) is 16.2. The fourth-order valence-electron chi connectivity index (χ4n) is 3.33. The Balaban J connectivity index is 1.77. The average molecular weight is 471 g/mol. The number of fused-ring (bicyclic) bond motifs is 1. The average Bonchev–Trinajstić information content (AvgIpc) is 3.21. The number of nitrogens with zero attached hydrogens (tertiary/aromatic N) is 7. The molecule has 1 atom stereocenters. The highest BCUT2D eigenvalue weighted by Gasteiger charge is 2.34. The first kappa shape index (κ1) is 22.8. The molecule has 0 spiro atoms. The van der Waals surface area contributed by atoms with Gasteiger partial charge in [-0.25, -0.2) is 23.9 Å². The summed E-state index contributed by atoms with van der Waals surface area (Å²) < 4.78 is 54.0. The maximum absolute atomic E-state index is 13.9. The molecule has 3 aromatic heterocycles. The molecule has 0 aliphatic carbocycles. The number of alkyl halides is 3. The van der Waals surface area contributed by atoms with E-state index in [1.54, 1.807) is 19.1 Å². The molecule has 3 heterocycles. The third-order valence-corrected chi connectivity index (χ3v) is 5.05. The smallest absolute Gasteiger partial charge is 0.382 e. The minimum Gasteiger partial charge on any atom is -0.382 e. The number of benzene rings is 1. The van der Waals surface area contributed by atoms with Gasteiger partial charge < -0.3 is 11.6 Å². The van der Waals surface area contributed by atoms with Crippen molar-refractivity contribution in [1.82, 2.24) is 24.6 Å². The van der Waals surface area contributed by atoms with Gasteiger partial charge in [0.2, 0.25) is 5.82 Å². The lowest BCUT2D eigenvalue weighted by Gasteiger charge is -2.10. The Morgan fingerprint density at radius 3 is 2.50 bits per heavy atom. The molecule has 0 amide bonds. The molecule has 9 nitrogen and oxygen atoms in total. The molecule has 0 aliphatic heterocycles. The third kappa shape index (κ3) is 4.27. The summed E-state index contributed by atoms with van der Waals surface area (Å²) in [6.07, 6.45) is -0.0212. The van der Waals surface area contributed by atoms with Gasteiger partial charge in [-0.15, -0.1) is 0 Å². The van der Waals surface area contributed by atoms with Gasteiger partial charge in [-0.3, -0.25) is 4.99 Å². The van der Waals surface area contributed by atoms with Gasteiger partial charge in [-0.2, -0.15) is 23.4 Å². The molecule has 0 aliphatic rings. The Kier molecular flexibility index (Phi) is 5.92. The number of halogens is 4. The number of nitrogens with two attached hydrogens (primary N) is 2. The number of aliphatic imine (C=N–C) groups is 1. The first-order valence-corrected chi connectivity index (χ1v) is 9.78. The van der Waals surface area contributed by atoms with Crippen LogP contribution in [0.15, 0.2) is 59.1 Å². The fourth-order valence-corrected chi connectivity index (χ4v) is 3.33. The molecule has 0 saturated heterocycles. The SMILES string of the molecule is CC(C(C=Nc1ccccc1F)=NN)c1cc(-c2cnc(C(F)(F)F)nc2)c2c(N)ncnn12. The second-order valence-corrected chi connectivity index (χ2v) is 7.17.